The van der Waals surface area contributed by atoms with E-state index in [4.69, 9.17) is 0 Å². The first kappa shape index (κ1) is 16.8. The van der Waals surface area contributed by atoms with E-state index >= 15 is 0 Å². The highest BCUT2D eigenvalue weighted by atomic mass is 28.4. The van der Waals surface area contributed by atoms with E-state index < -0.39 is 16.5 Å². The number of hydrogen-bond donors (Lipinski definition) is 0. The fraction of sp³-hybridized carbons (Fsp3) is 0.250. The lowest BCUT2D eigenvalue weighted by Gasteiger charge is -2.39. The molecule has 0 N–H and O–H groups in total. The minimum atomic E-state index is -1.71. The molecule has 0 radical (unpaired) electrons. The lowest BCUT2D eigenvalue weighted by atomic mass is 10.0. The van der Waals surface area contributed by atoms with Gasteiger partial charge in [0.05, 0.1) is 11.6 Å². The Morgan fingerprint density at radius 2 is 1.42 bits per heavy atom. The van der Waals surface area contributed by atoms with E-state index in [0.717, 1.165) is 11.1 Å². The molecule has 0 fully saturated rings. The van der Waals surface area contributed by atoms with E-state index in [1.54, 1.807) is 10.4 Å². The normalized spacial score (nSPS) is 18.2. The largest absolute Gasteiger partial charge is 0.423 e. The molecule has 0 bridgehead atoms. The highest BCUT2D eigenvalue weighted by molar-refractivity contribution is 7.10. The third kappa shape index (κ3) is 2.45. The van der Waals surface area contributed by atoms with Crippen LogP contribution in [0.25, 0.3) is 5.57 Å². The topological polar surface area (TPSA) is 27.0 Å². The summed E-state index contributed by atoms with van der Waals surface area (Å²) in [5.74, 6) is 0. The van der Waals surface area contributed by atoms with E-state index in [1.165, 1.54) is 5.57 Å². The molecule has 0 aliphatic carbocycles. The van der Waals surface area contributed by atoms with E-state index in [-0.39, 0.29) is 0 Å². The molecule has 0 atom stereocenters. The summed E-state index contributed by atoms with van der Waals surface area (Å²) in [7, 11) is -3.43. The van der Waals surface area contributed by atoms with Crippen molar-refractivity contribution in [3.05, 3.63) is 65.9 Å². The first-order chi connectivity index (χ1) is 11.3. The van der Waals surface area contributed by atoms with Gasteiger partial charge in [-0.2, -0.15) is 5.26 Å². The predicted octanol–water partition coefficient (Wildman–Crippen LogP) is 3.76. The molecule has 3 rings (SSSR count). The van der Waals surface area contributed by atoms with Crippen molar-refractivity contribution < 1.29 is 0 Å². The number of allylic oxidation sites excluding steroid dienone is 1. The van der Waals surface area contributed by atoms with E-state index in [9.17, 15) is 5.26 Å². The molecule has 0 saturated carbocycles. The van der Waals surface area contributed by atoms with Gasteiger partial charge in [-0.05, 0) is 66.9 Å². The Morgan fingerprint density at radius 1 is 0.917 bits per heavy atom. The second kappa shape index (κ2) is 5.76. The zero-order valence-corrected chi connectivity index (χ0v) is 17.1. The Morgan fingerprint density at radius 3 is 1.96 bits per heavy atom. The van der Waals surface area contributed by atoms with Gasteiger partial charge >= 0.3 is 0 Å². The van der Waals surface area contributed by atoms with Gasteiger partial charge in [-0.3, -0.25) is 0 Å². The molecular formula is C20H24N2Si2. The molecule has 2 nitrogen and oxygen atoms in total. The van der Waals surface area contributed by atoms with Crippen LogP contribution in [0.2, 0.25) is 26.2 Å². The number of rotatable bonds is 2. The van der Waals surface area contributed by atoms with E-state index in [0.29, 0.717) is 0 Å². The van der Waals surface area contributed by atoms with Crippen LogP contribution in [0.1, 0.15) is 18.1 Å². The van der Waals surface area contributed by atoms with Crippen molar-refractivity contribution in [1.82, 2.24) is 4.23 Å². The summed E-state index contributed by atoms with van der Waals surface area (Å²) >= 11 is 0. The van der Waals surface area contributed by atoms with Crippen molar-refractivity contribution in [2.45, 2.75) is 33.1 Å². The quantitative estimate of drug-likeness (QED) is 0.773. The molecular weight excluding hydrogens is 324 g/mol. The maximum Gasteiger partial charge on any atom is 0.173 e. The molecule has 0 amide bonds. The van der Waals surface area contributed by atoms with Crippen LogP contribution in [0.3, 0.4) is 0 Å². The van der Waals surface area contributed by atoms with Gasteiger partial charge in [0.25, 0.3) is 0 Å². The maximum absolute atomic E-state index is 9.40. The first-order valence-electron chi connectivity index (χ1n) is 8.37. The number of benzene rings is 2. The van der Waals surface area contributed by atoms with Crippen molar-refractivity contribution in [2.24, 2.45) is 0 Å². The summed E-state index contributed by atoms with van der Waals surface area (Å²) in [6.45, 7) is 11.9. The van der Waals surface area contributed by atoms with Gasteiger partial charge in [0.1, 0.15) is 0 Å². The Labute approximate surface area is 147 Å². The zero-order chi connectivity index (χ0) is 17.5. The van der Waals surface area contributed by atoms with Crippen LogP contribution in [0.15, 0.2) is 54.7 Å². The van der Waals surface area contributed by atoms with Crippen LogP contribution in [-0.2, 0) is 0 Å². The van der Waals surface area contributed by atoms with Gasteiger partial charge in [0, 0.05) is 0 Å². The number of hydrogen-bond acceptors (Lipinski definition) is 2. The van der Waals surface area contributed by atoms with Crippen LogP contribution in [0.4, 0.5) is 0 Å². The van der Waals surface area contributed by atoms with Crippen LogP contribution in [-0.4, -0.2) is 20.7 Å². The minimum absolute atomic E-state index is 0.752. The van der Waals surface area contributed by atoms with Crippen LogP contribution in [0, 0.1) is 11.3 Å². The lowest BCUT2D eigenvalue weighted by Crippen LogP contribution is -2.57. The fourth-order valence-corrected chi connectivity index (χ4v) is 16.2. The standard InChI is InChI=1S/C20H24N2Si2/c1-16(18-11-7-6-10-17(18)14-21)15-22-23(2,3)19-12-8-9-13-20(19)24(22,4)5/h6-13,15H,1-5H3/b16-15-. The van der Waals surface area contributed by atoms with Crippen LogP contribution in [0.5, 0.6) is 0 Å². The van der Waals surface area contributed by atoms with Crippen molar-refractivity contribution in [2.75, 3.05) is 0 Å². The highest BCUT2D eigenvalue weighted by Gasteiger charge is 2.50. The second-order valence-electron chi connectivity index (χ2n) is 7.50. The molecule has 0 aromatic heterocycles. The number of nitriles is 1. The summed E-state index contributed by atoms with van der Waals surface area (Å²) in [6.07, 6.45) is 2.34. The first-order valence-corrected chi connectivity index (χ1v) is 14.3. The summed E-state index contributed by atoms with van der Waals surface area (Å²) in [5, 5.41) is 12.5. The molecule has 24 heavy (non-hydrogen) atoms. The number of nitrogens with zero attached hydrogens (tertiary/aromatic N) is 2. The van der Waals surface area contributed by atoms with Gasteiger partial charge < -0.3 is 4.23 Å². The molecule has 1 aliphatic heterocycles. The highest BCUT2D eigenvalue weighted by Crippen LogP contribution is 2.29. The SMILES string of the molecule is C/C(=C/N1[Si](C)(C)c2ccccc2[Si]1(C)C)c1ccccc1C#N. The molecule has 2 aromatic rings. The summed E-state index contributed by atoms with van der Waals surface area (Å²) < 4.78 is 2.70. The monoisotopic (exact) mass is 348 g/mol. The van der Waals surface area contributed by atoms with Crippen molar-refractivity contribution in [3.63, 3.8) is 0 Å². The van der Waals surface area contributed by atoms with Gasteiger partial charge in [0.2, 0.25) is 0 Å². The Hall–Kier alpha value is -2.10. The Bertz CT molecular complexity index is 825. The van der Waals surface area contributed by atoms with E-state index in [1.807, 2.05) is 18.2 Å². The third-order valence-electron chi connectivity index (χ3n) is 5.24. The third-order valence-corrected chi connectivity index (χ3v) is 15.0. The smallest absolute Gasteiger partial charge is 0.173 e. The summed E-state index contributed by atoms with van der Waals surface area (Å²) in [6, 6.07) is 19.2. The van der Waals surface area contributed by atoms with E-state index in [2.05, 4.69) is 79.9 Å². The van der Waals surface area contributed by atoms with Crippen molar-refractivity contribution >= 4 is 32.4 Å². The Kier molecular flexibility index (Phi) is 4.02. The Balaban J connectivity index is 2.12. The average molecular weight is 349 g/mol. The lowest BCUT2D eigenvalue weighted by molar-refractivity contribution is 0.863. The van der Waals surface area contributed by atoms with Crippen molar-refractivity contribution in [3.8, 4) is 6.07 Å². The minimum Gasteiger partial charge on any atom is -0.423 e. The molecule has 4 heteroatoms. The molecule has 2 aromatic carbocycles. The van der Waals surface area contributed by atoms with Gasteiger partial charge in [0.15, 0.2) is 16.5 Å². The zero-order valence-electron chi connectivity index (χ0n) is 15.1. The molecule has 0 spiro atoms. The van der Waals surface area contributed by atoms with Crippen LogP contribution < -0.4 is 10.4 Å². The summed E-state index contributed by atoms with van der Waals surface area (Å²) in [4.78, 5) is 0. The average Bonchev–Trinajstić information content (AvgIpc) is 2.73. The molecule has 122 valence electrons. The van der Waals surface area contributed by atoms with Gasteiger partial charge in [-0.25, -0.2) is 0 Å². The molecule has 0 saturated heterocycles. The fourth-order valence-electron chi connectivity index (χ4n) is 4.02. The summed E-state index contributed by atoms with van der Waals surface area (Å²) in [5.41, 5.74) is 2.98. The second-order valence-corrected chi connectivity index (χ2v) is 16.2. The maximum atomic E-state index is 9.40. The molecule has 0 unspecified atom stereocenters. The predicted molar refractivity (Wildman–Crippen MR) is 107 cm³/mol. The molecule has 1 aliphatic rings. The number of fused-ring (bicyclic) bond motifs is 1. The van der Waals surface area contributed by atoms with Gasteiger partial charge in [-0.1, -0.05) is 42.5 Å². The van der Waals surface area contributed by atoms with Crippen LogP contribution >= 0.6 is 0 Å². The van der Waals surface area contributed by atoms with Gasteiger partial charge in [-0.15, -0.1) is 0 Å². The van der Waals surface area contributed by atoms with Crippen molar-refractivity contribution in [1.29, 1.82) is 5.26 Å². The molecule has 1 heterocycles.